The highest BCUT2D eigenvalue weighted by Gasteiger charge is 2.11. The fourth-order valence-corrected chi connectivity index (χ4v) is 2.50. The van der Waals surface area contributed by atoms with E-state index in [0.717, 1.165) is 16.7 Å². The first-order chi connectivity index (χ1) is 8.13. The topological polar surface area (TPSA) is 26.0 Å². The van der Waals surface area contributed by atoms with E-state index in [4.69, 9.17) is 28.9 Å². The van der Waals surface area contributed by atoms with E-state index in [1.165, 1.54) is 5.56 Å². The van der Waals surface area contributed by atoms with E-state index in [0.29, 0.717) is 16.6 Å². The fraction of sp³-hybridized carbons (Fsp3) is 0.143. The SMILES string of the molecule is Cc1ccccc1-c1cc(Cl)cc(Cl)c1CN. The van der Waals surface area contributed by atoms with Crippen molar-refractivity contribution in [1.29, 1.82) is 0 Å². The summed E-state index contributed by atoms with van der Waals surface area (Å²) in [5, 5.41) is 1.25. The Morgan fingerprint density at radius 1 is 1.06 bits per heavy atom. The fourth-order valence-electron chi connectivity index (χ4n) is 1.93. The summed E-state index contributed by atoms with van der Waals surface area (Å²) in [4.78, 5) is 0. The molecule has 2 rings (SSSR count). The van der Waals surface area contributed by atoms with Crippen molar-refractivity contribution in [1.82, 2.24) is 0 Å². The molecule has 1 nitrogen and oxygen atoms in total. The summed E-state index contributed by atoms with van der Waals surface area (Å²) >= 11 is 12.2. The summed E-state index contributed by atoms with van der Waals surface area (Å²) in [6.07, 6.45) is 0. The summed E-state index contributed by atoms with van der Waals surface area (Å²) in [7, 11) is 0. The lowest BCUT2D eigenvalue weighted by Gasteiger charge is -2.13. The van der Waals surface area contributed by atoms with Gasteiger partial charge in [-0.2, -0.15) is 0 Å². The van der Waals surface area contributed by atoms with E-state index in [-0.39, 0.29) is 0 Å². The van der Waals surface area contributed by atoms with Crippen molar-refractivity contribution < 1.29 is 0 Å². The van der Waals surface area contributed by atoms with Gasteiger partial charge < -0.3 is 5.73 Å². The minimum atomic E-state index is 0.402. The van der Waals surface area contributed by atoms with Gasteiger partial charge in [0.05, 0.1) is 0 Å². The summed E-state index contributed by atoms with van der Waals surface area (Å²) in [6, 6.07) is 11.8. The van der Waals surface area contributed by atoms with Gasteiger partial charge in [0, 0.05) is 16.6 Å². The normalized spacial score (nSPS) is 10.6. The first kappa shape index (κ1) is 12.4. The van der Waals surface area contributed by atoms with Crippen LogP contribution in [0.3, 0.4) is 0 Å². The smallest absolute Gasteiger partial charge is 0.0471 e. The molecular formula is C14H13Cl2N. The zero-order valence-corrected chi connectivity index (χ0v) is 11.0. The first-order valence-electron chi connectivity index (χ1n) is 5.37. The maximum absolute atomic E-state index is 6.17. The van der Waals surface area contributed by atoms with Gasteiger partial charge in [-0.15, -0.1) is 0 Å². The maximum Gasteiger partial charge on any atom is 0.0471 e. The van der Waals surface area contributed by atoms with Crippen molar-refractivity contribution in [2.75, 3.05) is 0 Å². The van der Waals surface area contributed by atoms with Crippen LogP contribution in [0.4, 0.5) is 0 Å². The molecule has 0 saturated carbocycles. The first-order valence-corrected chi connectivity index (χ1v) is 6.13. The zero-order chi connectivity index (χ0) is 12.4. The number of nitrogens with two attached hydrogens (primary N) is 1. The van der Waals surface area contributed by atoms with E-state index in [1.807, 2.05) is 18.2 Å². The van der Waals surface area contributed by atoms with Gasteiger partial charge in [-0.3, -0.25) is 0 Å². The Bertz CT molecular complexity index is 550. The van der Waals surface area contributed by atoms with Crippen LogP contribution in [0.1, 0.15) is 11.1 Å². The Hall–Kier alpha value is -1.02. The van der Waals surface area contributed by atoms with Crippen LogP contribution in [0, 0.1) is 6.92 Å². The minimum absolute atomic E-state index is 0.402. The van der Waals surface area contributed by atoms with Crippen LogP contribution in [0.2, 0.25) is 10.0 Å². The summed E-state index contributed by atoms with van der Waals surface area (Å²) in [5.41, 5.74) is 10.0. The van der Waals surface area contributed by atoms with Gasteiger partial charge in [0.15, 0.2) is 0 Å². The Balaban J connectivity index is 2.70. The lowest BCUT2D eigenvalue weighted by atomic mass is 9.96. The van der Waals surface area contributed by atoms with Crippen LogP contribution < -0.4 is 5.73 Å². The number of aryl methyl sites for hydroxylation is 1. The Morgan fingerprint density at radius 3 is 2.41 bits per heavy atom. The van der Waals surface area contributed by atoms with E-state index >= 15 is 0 Å². The van der Waals surface area contributed by atoms with Crippen LogP contribution >= 0.6 is 23.2 Å². The van der Waals surface area contributed by atoms with Gasteiger partial charge in [-0.1, -0.05) is 47.5 Å². The molecule has 0 saturated heterocycles. The molecule has 0 radical (unpaired) electrons. The van der Waals surface area contributed by atoms with Gasteiger partial charge in [0.2, 0.25) is 0 Å². The highest BCUT2D eigenvalue weighted by atomic mass is 35.5. The van der Waals surface area contributed by atoms with Crippen LogP contribution in [0.15, 0.2) is 36.4 Å². The van der Waals surface area contributed by atoms with E-state index < -0.39 is 0 Å². The molecule has 0 bridgehead atoms. The Kier molecular flexibility index (Phi) is 3.72. The quantitative estimate of drug-likeness (QED) is 0.855. The second-order valence-corrected chi connectivity index (χ2v) is 4.78. The molecule has 0 fully saturated rings. The maximum atomic E-state index is 6.17. The highest BCUT2D eigenvalue weighted by molar-refractivity contribution is 6.35. The Labute approximate surface area is 111 Å². The van der Waals surface area contributed by atoms with Crippen molar-refractivity contribution in [3.63, 3.8) is 0 Å². The monoisotopic (exact) mass is 265 g/mol. The molecule has 17 heavy (non-hydrogen) atoms. The van der Waals surface area contributed by atoms with Crippen LogP contribution in [-0.4, -0.2) is 0 Å². The number of halogens is 2. The molecule has 0 aliphatic rings. The van der Waals surface area contributed by atoms with Crippen molar-refractivity contribution in [3.8, 4) is 11.1 Å². The molecule has 3 heteroatoms. The van der Waals surface area contributed by atoms with Crippen molar-refractivity contribution in [2.45, 2.75) is 13.5 Å². The third kappa shape index (κ3) is 2.47. The van der Waals surface area contributed by atoms with E-state index in [2.05, 4.69) is 19.1 Å². The molecule has 88 valence electrons. The lowest BCUT2D eigenvalue weighted by molar-refractivity contribution is 1.07. The second kappa shape index (κ2) is 5.09. The standard InChI is InChI=1S/C14H13Cl2N/c1-9-4-2-3-5-11(9)12-6-10(15)7-14(16)13(12)8-17/h2-7H,8,17H2,1H3. The van der Waals surface area contributed by atoms with Crippen LogP contribution in [0.25, 0.3) is 11.1 Å². The molecule has 2 aromatic rings. The Morgan fingerprint density at radius 2 is 1.76 bits per heavy atom. The molecule has 0 heterocycles. The van der Waals surface area contributed by atoms with Gasteiger partial charge in [-0.05, 0) is 41.3 Å². The molecule has 2 aromatic carbocycles. The van der Waals surface area contributed by atoms with E-state index in [1.54, 1.807) is 6.07 Å². The summed E-state index contributed by atoms with van der Waals surface area (Å²) in [6.45, 7) is 2.46. The molecular weight excluding hydrogens is 253 g/mol. The van der Waals surface area contributed by atoms with Crippen molar-refractivity contribution in [2.24, 2.45) is 5.73 Å². The molecule has 0 amide bonds. The van der Waals surface area contributed by atoms with Gasteiger partial charge in [0.1, 0.15) is 0 Å². The molecule has 0 unspecified atom stereocenters. The third-order valence-electron chi connectivity index (χ3n) is 2.80. The third-order valence-corrected chi connectivity index (χ3v) is 3.36. The molecule has 0 atom stereocenters. The number of hydrogen-bond acceptors (Lipinski definition) is 1. The predicted octanol–water partition coefficient (Wildman–Crippen LogP) is 4.43. The number of rotatable bonds is 2. The van der Waals surface area contributed by atoms with Gasteiger partial charge in [-0.25, -0.2) is 0 Å². The van der Waals surface area contributed by atoms with Crippen LogP contribution in [0.5, 0.6) is 0 Å². The van der Waals surface area contributed by atoms with Crippen molar-refractivity contribution in [3.05, 3.63) is 57.6 Å². The molecule has 0 aliphatic carbocycles. The number of benzene rings is 2. The predicted molar refractivity (Wildman–Crippen MR) is 74.5 cm³/mol. The lowest BCUT2D eigenvalue weighted by Crippen LogP contribution is -2.01. The molecule has 0 spiro atoms. The largest absolute Gasteiger partial charge is 0.326 e. The molecule has 0 aromatic heterocycles. The minimum Gasteiger partial charge on any atom is -0.326 e. The highest BCUT2D eigenvalue weighted by Crippen LogP contribution is 2.33. The average molecular weight is 266 g/mol. The average Bonchev–Trinajstić information content (AvgIpc) is 2.28. The van der Waals surface area contributed by atoms with Gasteiger partial charge >= 0.3 is 0 Å². The van der Waals surface area contributed by atoms with Crippen LogP contribution in [-0.2, 0) is 6.54 Å². The zero-order valence-electron chi connectivity index (χ0n) is 9.50. The van der Waals surface area contributed by atoms with E-state index in [9.17, 15) is 0 Å². The second-order valence-electron chi connectivity index (χ2n) is 3.93. The molecule has 2 N–H and O–H groups in total. The van der Waals surface area contributed by atoms with Gasteiger partial charge in [0.25, 0.3) is 0 Å². The summed E-state index contributed by atoms with van der Waals surface area (Å²) < 4.78 is 0. The summed E-state index contributed by atoms with van der Waals surface area (Å²) in [5.74, 6) is 0. The van der Waals surface area contributed by atoms with Crippen molar-refractivity contribution >= 4 is 23.2 Å². The number of hydrogen-bond donors (Lipinski definition) is 1. The molecule has 0 aliphatic heterocycles.